The molecule has 5 heterocycles. The van der Waals surface area contributed by atoms with Crippen LogP contribution < -0.4 is 15.3 Å². The van der Waals surface area contributed by atoms with E-state index in [0.29, 0.717) is 12.1 Å². The van der Waals surface area contributed by atoms with Crippen LogP contribution in [0, 0.1) is 20.8 Å². The van der Waals surface area contributed by atoms with Crippen LogP contribution in [0.1, 0.15) is 75.5 Å². The van der Waals surface area contributed by atoms with Gasteiger partial charge in [0.15, 0.2) is 0 Å². The van der Waals surface area contributed by atoms with E-state index in [1.54, 1.807) is 0 Å². The number of aliphatic hydroxyl groups is 1. The molecule has 62 heavy (non-hydrogen) atoms. The molecule has 0 spiro atoms. The first-order valence-electron chi connectivity index (χ1n) is 21.1. The summed E-state index contributed by atoms with van der Waals surface area (Å²) in [6, 6.07) is 41.6. The Kier molecular flexibility index (Phi) is 12.7. The molecule has 0 saturated heterocycles. The molecule has 2 aliphatic heterocycles. The molecule has 3 aromatic heterocycles. The standard InChI is InChI=1S/C54H48N5O2.Zn/c1-34-8-14-37(15-9-34)50-42-24-26-44(56-42)51(38-16-10-35(2)11-17-38)46-28-30-48(58-46)53(40-20-22-41(23-21-40)54(61)55-32-6-4-5-7-33-60)49-31-29-47(59-49)52(45-27-25-43(50)57-45)39-18-12-36(3)13-19-39;/h8-31,60H,4-7,32-33H2,1-3H3,(H2-,55,56,57,58,59,61);/q-1;+2/p-1. The van der Waals surface area contributed by atoms with Crippen molar-refractivity contribution in [3.63, 3.8) is 0 Å². The number of fused-ring (bicyclic) bond motifs is 8. The number of nitrogens with zero attached hydrogens (tertiary/aromatic N) is 4. The molecule has 7 aromatic rings. The second-order valence-electron chi connectivity index (χ2n) is 15.9. The van der Waals surface area contributed by atoms with E-state index in [1.807, 2.05) is 24.3 Å². The summed E-state index contributed by atoms with van der Waals surface area (Å²) < 4.78 is 0. The molecule has 0 atom stereocenters. The van der Waals surface area contributed by atoms with Crippen LogP contribution in [-0.4, -0.2) is 34.1 Å². The van der Waals surface area contributed by atoms with Crippen LogP contribution in [0.25, 0.3) is 90.9 Å². The maximum Gasteiger partial charge on any atom is 2.00 e. The quantitative estimate of drug-likeness (QED) is 0.0992. The summed E-state index contributed by atoms with van der Waals surface area (Å²) in [6.07, 6.45) is 11.9. The van der Waals surface area contributed by atoms with E-state index in [2.05, 4.69) is 147 Å². The summed E-state index contributed by atoms with van der Waals surface area (Å²) in [7, 11) is 0. The molecule has 8 bridgehead atoms. The average Bonchev–Trinajstić information content (AvgIpc) is 4.12. The third-order valence-electron chi connectivity index (χ3n) is 11.4. The fraction of sp³-hybridized carbons (Fsp3) is 0.167. The zero-order chi connectivity index (χ0) is 41.9. The first kappa shape index (κ1) is 42.2. The predicted octanol–water partition coefficient (Wildman–Crippen LogP) is 11.8. The van der Waals surface area contributed by atoms with E-state index in [0.717, 1.165) is 115 Å². The molecule has 7 nitrogen and oxygen atoms in total. The van der Waals surface area contributed by atoms with Gasteiger partial charge in [0.1, 0.15) is 0 Å². The van der Waals surface area contributed by atoms with Gasteiger partial charge in [-0.3, -0.25) is 4.79 Å². The zero-order valence-corrected chi connectivity index (χ0v) is 38.4. The van der Waals surface area contributed by atoms with Gasteiger partial charge in [-0.1, -0.05) is 139 Å². The van der Waals surface area contributed by atoms with E-state index in [9.17, 15) is 4.79 Å². The molecule has 0 unspecified atom stereocenters. The van der Waals surface area contributed by atoms with E-state index >= 15 is 0 Å². The van der Waals surface area contributed by atoms with Crippen molar-refractivity contribution in [1.29, 1.82) is 0 Å². The largest absolute Gasteiger partial charge is 2.00 e. The summed E-state index contributed by atoms with van der Waals surface area (Å²) in [5.74, 6) is -0.111. The van der Waals surface area contributed by atoms with Crippen LogP contribution in [0.3, 0.4) is 0 Å². The van der Waals surface area contributed by atoms with E-state index in [1.165, 1.54) is 16.7 Å². The van der Waals surface area contributed by atoms with Crippen LogP contribution in [-0.2, 0) is 19.5 Å². The minimum atomic E-state index is -0.111. The number of carbonyl (C=O) groups is 1. The Balaban J connectivity index is 0.00000529. The molecule has 0 radical (unpaired) electrons. The van der Waals surface area contributed by atoms with Crippen molar-refractivity contribution in [2.75, 3.05) is 13.2 Å². The number of aryl methyl sites for hydroxylation is 3. The number of benzene rings is 4. The van der Waals surface area contributed by atoms with Crippen LogP contribution >= 0.6 is 0 Å². The van der Waals surface area contributed by atoms with Gasteiger partial charge >= 0.3 is 19.5 Å². The fourth-order valence-corrected chi connectivity index (χ4v) is 8.11. The Morgan fingerprint density at radius 3 is 1.13 bits per heavy atom. The number of unbranched alkanes of at least 4 members (excludes halogenated alkanes) is 3. The van der Waals surface area contributed by atoms with Gasteiger partial charge in [-0.15, -0.1) is 22.1 Å². The van der Waals surface area contributed by atoms with E-state index in [4.69, 9.17) is 25.0 Å². The summed E-state index contributed by atoms with van der Waals surface area (Å²) in [4.78, 5) is 34.7. The SMILES string of the molecule is Cc1ccc(-c2c3nc(c(-c4ccc(C)cc4)c4ccc([n-]4)c(-c4ccc(C(=O)NCCCCCCO)cc4)c4nc(c(-c5ccc(C)cc5)c5ccc2[n-]5)C=C4)C=C3)cc1.[Zn+2]. The van der Waals surface area contributed by atoms with Gasteiger partial charge in [0, 0.05) is 18.7 Å². The Hall–Kier alpha value is -6.47. The first-order chi connectivity index (χ1) is 29.8. The Bertz CT molecular complexity index is 2930. The summed E-state index contributed by atoms with van der Waals surface area (Å²) in [6.45, 7) is 7.08. The van der Waals surface area contributed by atoms with Crippen molar-refractivity contribution < 1.29 is 29.4 Å². The van der Waals surface area contributed by atoms with Gasteiger partial charge in [-0.05, 0) is 115 Å². The van der Waals surface area contributed by atoms with Crippen molar-refractivity contribution in [3.8, 4) is 44.5 Å². The van der Waals surface area contributed by atoms with Gasteiger partial charge in [-0.25, -0.2) is 9.97 Å². The van der Waals surface area contributed by atoms with Crippen LogP contribution in [0.2, 0.25) is 0 Å². The second kappa shape index (κ2) is 18.7. The van der Waals surface area contributed by atoms with Gasteiger partial charge in [0.25, 0.3) is 5.91 Å². The van der Waals surface area contributed by atoms with Gasteiger partial charge < -0.3 is 20.4 Å². The Morgan fingerprint density at radius 1 is 0.468 bits per heavy atom. The van der Waals surface area contributed by atoms with Crippen molar-refractivity contribution >= 4 is 52.3 Å². The molecule has 1 amide bonds. The maximum absolute atomic E-state index is 13.2. The van der Waals surface area contributed by atoms with Gasteiger partial charge in [-0.2, -0.15) is 0 Å². The van der Waals surface area contributed by atoms with Crippen LogP contribution in [0.4, 0.5) is 0 Å². The summed E-state index contributed by atoms with van der Waals surface area (Å²) in [5.41, 5.74) is 18.2. The fourth-order valence-electron chi connectivity index (χ4n) is 8.11. The number of rotatable bonds is 11. The monoisotopic (exact) mass is 861 g/mol. The van der Waals surface area contributed by atoms with Crippen molar-refractivity contribution in [1.82, 2.24) is 25.3 Å². The number of hydrogen-bond acceptors (Lipinski definition) is 4. The number of carbonyl (C=O) groups excluding carboxylic acids is 1. The Labute approximate surface area is 375 Å². The normalized spacial score (nSPS) is 11.7. The van der Waals surface area contributed by atoms with Gasteiger partial charge in [0.2, 0.25) is 0 Å². The number of aliphatic hydroxyl groups excluding tert-OH is 1. The van der Waals surface area contributed by atoms with Crippen LogP contribution in [0.5, 0.6) is 0 Å². The number of aromatic nitrogens is 4. The minimum Gasteiger partial charge on any atom is -0.657 e. The number of nitrogens with one attached hydrogen (secondary N) is 1. The number of amides is 1. The molecule has 2 aliphatic rings. The van der Waals surface area contributed by atoms with Crippen molar-refractivity contribution in [3.05, 3.63) is 166 Å². The molecule has 0 saturated carbocycles. The molecular formula is C54H47N5O2Zn. The zero-order valence-electron chi connectivity index (χ0n) is 35.5. The van der Waals surface area contributed by atoms with Crippen LogP contribution in [0.15, 0.2) is 121 Å². The van der Waals surface area contributed by atoms with E-state index < -0.39 is 0 Å². The topological polar surface area (TPSA) is 103 Å². The third-order valence-corrected chi connectivity index (χ3v) is 11.4. The third kappa shape index (κ3) is 8.81. The molecule has 0 fully saturated rings. The van der Waals surface area contributed by atoms with Crippen molar-refractivity contribution in [2.45, 2.75) is 46.5 Å². The average molecular weight is 863 g/mol. The smallest absolute Gasteiger partial charge is 0.657 e. The summed E-state index contributed by atoms with van der Waals surface area (Å²) in [5, 5.41) is 12.1. The molecule has 9 rings (SSSR count). The predicted molar refractivity (Wildman–Crippen MR) is 251 cm³/mol. The molecule has 8 heteroatoms. The first-order valence-corrected chi connectivity index (χ1v) is 21.1. The summed E-state index contributed by atoms with van der Waals surface area (Å²) >= 11 is 0. The van der Waals surface area contributed by atoms with Crippen molar-refractivity contribution in [2.24, 2.45) is 0 Å². The molecular weight excluding hydrogens is 816 g/mol. The molecule has 0 aliphatic carbocycles. The minimum absolute atomic E-state index is 0. The Morgan fingerprint density at radius 2 is 0.790 bits per heavy atom. The molecule has 2 N–H and O–H groups in total. The van der Waals surface area contributed by atoms with Gasteiger partial charge in [0.05, 0.1) is 22.8 Å². The second-order valence-corrected chi connectivity index (χ2v) is 15.9. The molecule has 4 aromatic carbocycles. The molecule has 302 valence electrons. The number of hydrogen-bond donors (Lipinski definition) is 2. The van der Waals surface area contributed by atoms with E-state index in [-0.39, 0.29) is 32.0 Å². The maximum atomic E-state index is 13.2.